The first-order valence-corrected chi connectivity index (χ1v) is 4.98. The van der Waals surface area contributed by atoms with Crippen molar-refractivity contribution in [3.63, 3.8) is 0 Å². The van der Waals surface area contributed by atoms with Gasteiger partial charge >= 0.3 is 0 Å². The van der Waals surface area contributed by atoms with Crippen LogP contribution < -0.4 is 5.32 Å². The topological polar surface area (TPSA) is 34.2 Å². The van der Waals surface area contributed by atoms with Crippen molar-refractivity contribution in [2.24, 2.45) is 5.41 Å². The van der Waals surface area contributed by atoms with E-state index in [1.54, 1.807) is 12.4 Å². The van der Waals surface area contributed by atoms with Crippen LogP contribution in [0.2, 0.25) is 5.02 Å². The maximum absolute atomic E-state index is 5.82. The molecule has 1 N–H and O–H groups in total. The Bertz CT molecular complexity index is 326. The Morgan fingerprint density at radius 1 is 1.57 bits per heavy atom. The van der Waals surface area contributed by atoms with E-state index in [9.17, 15) is 0 Å². The first-order valence-electron chi connectivity index (χ1n) is 4.60. The van der Waals surface area contributed by atoms with Crippen LogP contribution in [0.5, 0.6) is 0 Å². The van der Waals surface area contributed by atoms with Crippen LogP contribution in [0.25, 0.3) is 0 Å². The van der Waals surface area contributed by atoms with Crippen LogP contribution in [0, 0.1) is 5.41 Å². The van der Waals surface area contributed by atoms with E-state index in [1.807, 2.05) is 6.07 Å². The molecule has 2 heterocycles. The Hall–Kier alpha value is -0.800. The third kappa shape index (κ3) is 2.16. The maximum Gasteiger partial charge on any atom is 0.0609 e. The predicted molar refractivity (Wildman–Crippen MR) is 56.7 cm³/mol. The number of ether oxygens (including phenoxy) is 1. The summed E-state index contributed by atoms with van der Waals surface area (Å²) in [6, 6.07) is 1.87. The highest BCUT2D eigenvalue weighted by atomic mass is 35.5. The Morgan fingerprint density at radius 3 is 2.93 bits per heavy atom. The monoisotopic (exact) mass is 212 g/mol. The van der Waals surface area contributed by atoms with Gasteiger partial charge in [0.2, 0.25) is 0 Å². The van der Waals surface area contributed by atoms with Gasteiger partial charge in [0.05, 0.1) is 30.1 Å². The number of anilines is 1. The van der Waals surface area contributed by atoms with Crippen LogP contribution in [0.15, 0.2) is 18.5 Å². The molecule has 1 aromatic rings. The number of pyridine rings is 1. The second-order valence-corrected chi connectivity index (χ2v) is 4.49. The fourth-order valence-electron chi connectivity index (χ4n) is 1.38. The fraction of sp³-hybridized carbons (Fsp3) is 0.500. The number of rotatable bonds is 3. The second-order valence-electron chi connectivity index (χ2n) is 4.05. The van der Waals surface area contributed by atoms with E-state index in [1.165, 1.54) is 0 Å². The molecule has 1 aromatic heterocycles. The molecular formula is C10H13ClN2O. The summed E-state index contributed by atoms with van der Waals surface area (Å²) >= 11 is 5.82. The van der Waals surface area contributed by atoms with Crippen LogP contribution in [0.3, 0.4) is 0 Å². The molecule has 14 heavy (non-hydrogen) atoms. The minimum Gasteiger partial charge on any atom is -0.383 e. The molecule has 1 saturated heterocycles. The standard InChI is InChI=1S/C10H13ClN2O/c1-10(6-14-7-10)5-13-9-2-8(11)3-12-4-9/h2-4,13H,5-7H2,1H3. The van der Waals surface area contributed by atoms with Gasteiger partial charge in [-0.2, -0.15) is 0 Å². The lowest BCUT2D eigenvalue weighted by Crippen LogP contribution is -2.45. The zero-order valence-corrected chi connectivity index (χ0v) is 8.84. The van der Waals surface area contributed by atoms with Crippen LogP contribution in [0.1, 0.15) is 6.92 Å². The summed E-state index contributed by atoms with van der Waals surface area (Å²) in [4.78, 5) is 4.00. The molecule has 76 valence electrons. The van der Waals surface area contributed by atoms with Gasteiger partial charge < -0.3 is 10.1 Å². The quantitative estimate of drug-likeness (QED) is 0.834. The summed E-state index contributed by atoms with van der Waals surface area (Å²) in [7, 11) is 0. The van der Waals surface area contributed by atoms with E-state index in [0.29, 0.717) is 5.02 Å². The highest BCUT2D eigenvalue weighted by Gasteiger charge is 2.32. The van der Waals surface area contributed by atoms with Gasteiger partial charge in [0.15, 0.2) is 0 Å². The van der Waals surface area contributed by atoms with Gasteiger partial charge in [0, 0.05) is 18.2 Å². The number of aromatic nitrogens is 1. The first-order chi connectivity index (χ1) is 6.68. The summed E-state index contributed by atoms with van der Waals surface area (Å²) in [5, 5.41) is 3.96. The van der Waals surface area contributed by atoms with Gasteiger partial charge in [0.1, 0.15) is 0 Å². The van der Waals surface area contributed by atoms with Crippen molar-refractivity contribution in [3.05, 3.63) is 23.5 Å². The van der Waals surface area contributed by atoms with Gasteiger partial charge in [-0.25, -0.2) is 0 Å². The lowest BCUT2D eigenvalue weighted by atomic mass is 9.89. The maximum atomic E-state index is 5.82. The van der Waals surface area contributed by atoms with E-state index in [4.69, 9.17) is 16.3 Å². The predicted octanol–water partition coefficient (Wildman–Crippen LogP) is 2.18. The van der Waals surface area contributed by atoms with Crippen LogP contribution in [0.4, 0.5) is 5.69 Å². The summed E-state index contributed by atoms with van der Waals surface area (Å²) in [6.07, 6.45) is 3.40. The molecule has 0 aliphatic carbocycles. The molecule has 2 rings (SSSR count). The van der Waals surface area contributed by atoms with Crippen molar-refractivity contribution < 1.29 is 4.74 Å². The summed E-state index contributed by atoms with van der Waals surface area (Å²) in [6.45, 7) is 4.75. The van der Waals surface area contributed by atoms with Gasteiger partial charge in [-0.15, -0.1) is 0 Å². The van der Waals surface area contributed by atoms with Crippen molar-refractivity contribution in [1.82, 2.24) is 4.98 Å². The molecule has 0 aromatic carbocycles. The smallest absolute Gasteiger partial charge is 0.0609 e. The molecule has 1 fully saturated rings. The normalized spacial score (nSPS) is 18.7. The molecular weight excluding hydrogens is 200 g/mol. The summed E-state index contributed by atoms with van der Waals surface area (Å²) in [5.74, 6) is 0. The second kappa shape index (κ2) is 3.75. The molecule has 0 amide bonds. The van der Waals surface area contributed by atoms with E-state index in [2.05, 4.69) is 17.2 Å². The minimum atomic E-state index is 0.266. The van der Waals surface area contributed by atoms with Crippen LogP contribution in [-0.4, -0.2) is 24.7 Å². The molecule has 0 spiro atoms. The number of halogens is 1. The lowest BCUT2D eigenvalue weighted by Gasteiger charge is -2.38. The van der Waals surface area contributed by atoms with Crippen LogP contribution >= 0.6 is 11.6 Å². The van der Waals surface area contributed by atoms with Gasteiger partial charge in [-0.05, 0) is 6.07 Å². The van der Waals surface area contributed by atoms with Crippen LogP contribution in [-0.2, 0) is 4.74 Å². The van der Waals surface area contributed by atoms with E-state index in [0.717, 1.165) is 25.4 Å². The molecule has 4 heteroatoms. The Morgan fingerprint density at radius 2 is 2.36 bits per heavy atom. The van der Waals surface area contributed by atoms with Crippen molar-refractivity contribution in [2.45, 2.75) is 6.92 Å². The third-order valence-electron chi connectivity index (χ3n) is 2.33. The Balaban J connectivity index is 1.91. The molecule has 1 aliphatic rings. The molecule has 0 bridgehead atoms. The molecule has 0 saturated carbocycles. The van der Waals surface area contributed by atoms with Crippen molar-refractivity contribution >= 4 is 17.3 Å². The fourth-order valence-corrected chi connectivity index (χ4v) is 1.55. The van der Waals surface area contributed by atoms with Gasteiger partial charge in [0.25, 0.3) is 0 Å². The van der Waals surface area contributed by atoms with E-state index in [-0.39, 0.29) is 5.41 Å². The van der Waals surface area contributed by atoms with Crippen molar-refractivity contribution in [2.75, 3.05) is 25.1 Å². The van der Waals surface area contributed by atoms with Crippen molar-refractivity contribution in [1.29, 1.82) is 0 Å². The molecule has 0 unspecified atom stereocenters. The first kappa shape index (κ1) is 9.74. The highest BCUT2D eigenvalue weighted by Crippen LogP contribution is 2.26. The van der Waals surface area contributed by atoms with E-state index >= 15 is 0 Å². The van der Waals surface area contributed by atoms with Gasteiger partial charge in [-0.3, -0.25) is 4.98 Å². The third-order valence-corrected chi connectivity index (χ3v) is 2.53. The number of hydrogen-bond donors (Lipinski definition) is 1. The average molecular weight is 213 g/mol. The van der Waals surface area contributed by atoms with Gasteiger partial charge in [-0.1, -0.05) is 18.5 Å². The molecule has 0 atom stereocenters. The highest BCUT2D eigenvalue weighted by molar-refractivity contribution is 6.30. The SMILES string of the molecule is CC1(CNc2cncc(Cl)c2)COC1. The minimum absolute atomic E-state index is 0.266. The zero-order valence-electron chi connectivity index (χ0n) is 8.09. The summed E-state index contributed by atoms with van der Waals surface area (Å²) in [5.41, 5.74) is 1.23. The summed E-state index contributed by atoms with van der Waals surface area (Å²) < 4.78 is 5.17. The number of nitrogens with zero attached hydrogens (tertiary/aromatic N) is 1. The number of nitrogens with one attached hydrogen (secondary N) is 1. The largest absolute Gasteiger partial charge is 0.383 e. The molecule has 3 nitrogen and oxygen atoms in total. The molecule has 1 aliphatic heterocycles. The number of hydrogen-bond acceptors (Lipinski definition) is 3. The zero-order chi connectivity index (χ0) is 10.0. The van der Waals surface area contributed by atoms with Crippen molar-refractivity contribution in [3.8, 4) is 0 Å². The van der Waals surface area contributed by atoms with E-state index < -0.39 is 0 Å². The Kier molecular flexibility index (Phi) is 2.61. The molecule has 0 radical (unpaired) electrons. The lowest BCUT2D eigenvalue weighted by molar-refractivity contribution is -0.0924. The Labute approximate surface area is 88.4 Å². The average Bonchev–Trinajstić information content (AvgIpc) is 2.12.